The Morgan fingerprint density at radius 2 is 2.04 bits per heavy atom. The Bertz CT molecular complexity index is 718. The molecule has 0 aliphatic rings. The van der Waals surface area contributed by atoms with Crippen molar-refractivity contribution >= 4 is 5.69 Å². The van der Waals surface area contributed by atoms with Gasteiger partial charge in [0.25, 0.3) is 5.69 Å². The van der Waals surface area contributed by atoms with Gasteiger partial charge in [-0.1, -0.05) is 0 Å². The van der Waals surface area contributed by atoms with Crippen LogP contribution in [0.5, 0.6) is 5.75 Å². The van der Waals surface area contributed by atoms with E-state index in [1.54, 1.807) is 38.1 Å². The third kappa shape index (κ3) is 4.56. The number of likely N-dealkylation sites (N-methyl/N-ethyl adjacent to an activating group) is 1. The summed E-state index contributed by atoms with van der Waals surface area (Å²) in [5, 5.41) is 21.1. The van der Waals surface area contributed by atoms with Gasteiger partial charge in [0.05, 0.1) is 35.8 Å². The molecule has 0 fully saturated rings. The zero-order chi connectivity index (χ0) is 17.9. The van der Waals surface area contributed by atoms with E-state index in [0.717, 1.165) is 0 Å². The lowest BCUT2D eigenvalue weighted by Gasteiger charge is -2.24. The maximum Gasteiger partial charge on any atom is 0.284 e. The minimum absolute atomic E-state index is 0.0694. The van der Waals surface area contributed by atoms with E-state index in [9.17, 15) is 15.2 Å². The van der Waals surface area contributed by atoms with Crippen molar-refractivity contribution in [2.45, 2.75) is 26.0 Å². The standard InChI is InChI=1S/C17H22N2O5/c1-17(2,20)11-18(3)10-13-6-8-16(24-13)14-7-5-12(23-4)9-15(14)19(21)22/h5-9,20H,10-11H2,1-4H3. The summed E-state index contributed by atoms with van der Waals surface area (Å²) in [7, 11) is 3.33. The number of nitro groups is 1. The molecule has 7 nitrogen and oxygen atoms in total. The molecule has 1 aromatic heterocycles. The summed E-state index contributed by atoms with van der Waals surface area (Å²) in [5.41, 5.74) is -0.476. The summed E-state index contributed by atoms with van der Waals surface area (Å²) >= 11 is 0. The van der Waals surface area contributed by atoms with Crippen LogP contribution < -0.4 is 4.74 Å². The van der Waals surface area contributed by atoms with E-state index in [0.29, 0.717) is 35.9 Å². The van der Waals surface area contributed by atoms with Crippen molar-refractivity contribution in [2.75, 3.05) is 20.7 Å². The van der Waals surface area contributed by atoms with Crippen LogP contribution >= 0.6 is 0 Å². The van der Waals surface area contributed by atoms with Gasteiger partial charge in [-0.05, 0) is 45.2 Å². The van der Waals surface area contributed by atoms with Crippen molar-refractivity contribution in [3.63, 3.8) is 0 Å². The summed E-state index contributed by atoms with van der Waals surface area (Å²) < 4.78 is 10.8. The summed E-state index contributed by atoms with van der Waals surface area (Å²) in [4.78, 5) is 12.7. The molecule has 2 rings (SSSR count). The predicted molar refractivity (Wildman–Crippen MR) is 90.0 cm³/mol. The second-order valence-electron chi connectivity index (χ2n) is 6.39. The Kier molecular flexibility index (Phi) is 5.26. The van der Waals surface area contributed by atoms with Gasteiger partial charge in [-0.15, -0.1) is 0 Å². The number of benzene rings is 1. The normalized spacial score (nSPS) is 11.8. The van der Waals surface area contributed by atoms with Crippen LogP contribution in [0.2, 0.25) is 0 Å². The molecule has 0 aliphatic carbocycles. The molecule has 7 heteroatoms. The van der Waals surface area contributed by atoms with E-state index in [2.05, 4.69) is 0 Å². The van der Waals surface area contributed by atoms with Crippen molar-refractivity contribution in [3.05, 3.63) is 46.2 Å². The number of hydrogen-bond acceptors (Lipinski definition) is 6. The molecule has 0 atom stereocenters. The van der Waals surface area contributed by atoms with Gasteiger partial charge in [0.2, 0.25) is 0 Å². The highest BCUT2D eigenvalue weighted by Crippen LogP contribution is 2.34. The van der Waals surface area contributed by atoms with E-state index < -0.39 is 10.5 Å². The molecule has 0 unspecified atom stereocenters. The summed E-state index contributed by atoms with van der Waals surface area (Å²) in [6.07, 6.45) is 0. The van der Waals surface area contributed by atoms with Gasteiger partial charge in [0.1, 0.15) is 17.3 Å². The zero-order valence-corrected chi connectivity index (χ0v) is 14.3. The lowest BCUT2D eigenvalue weighted by Crippen LogP contribution is -2.35. The van der Waals surface area contributed by atoms with Crippen LogP contribution in [0.1, 0.15) is 19.6 Å². The Hall–Kier alpha value is -2.38. The van der Waals surface area contributed by atoms with E-state index in [1.165, 1.54) is 13.2 Å². The molecule has 1 aromatic carbocycles. The van der Waals surface area contributed by atoms with Crippen molar-refractivity contribution < 1.29 is 19.2 Å². The number of furan rings is 1. The highest BCUT2D eigenvalue weighted by atomic mass is 16.6. The maximum absolute atomic E-state index is 11.3. The summed E-state index contributed by atoms with van der Waals surface area (Å²) in [6.45, 7) is 4.44. The molecule has 2 aromatic rings. The first-order valence-electron chi connectivity index (χ1n) is 7.52. The van der Waals surface area contributed by atoms with Crippen LogP contribution in [0.3, 0.4) is 0 Å². The van der Waals surface area contributed by atoms with Crippen molar-refractivity contribution in [2.24, 2.45) is 0 Å². The van der Waals surface area contributed by atoms with E-state index in [4.69, 9.17) is 9.15 Å². The maximum atomic E-state index is 11.3. The molecule has 0 radical (unpaired) electrons. The van der Waals surface area contributed by atoms with Crippen molar-refractivity contribution in [3.8, 4) is 17.1 Å². The minimum atomic E-state index is -0.807. The Morgan fingerprint density at radius 3 is 2.62 bits per heavy atom. The van der Waals surface area contributed by atoms with E-state index in [-0.39, 0.29) is 5.69 Å². The number of hydrogen-bond donors (Lipinski definition) is 1. The third-order valence-corrected chi connectivity index (χ3v) is 3.41. The number of ether oxygens (including phenoxy) is 1. The quantitative estimate of drug-likeness (QED) is 0.618. The second-order valence-corrected chi connectivity index (χ2v) is 6.39. The predicted octanol–water partition coefficient (Wildman–Crippen LogP) is 3.07. The number of methoxy groups -OCH3 is 1. The van der Waals surface area contributed by atoms with Crippen LogP contribution in [-0.4, -0.2) is 41.2 Å². The average molecular weight is 334 g/mol. The van der Waals surface area contributed by atoms with Crippen LogP contribution in [0, 0.1) is 10.1 Å². The van der Waals surface area contributed by atoms with Gasteiger partial charge in [-0.2, -0.15) is 0 Å². The molecule has 0 amide bonds. The highest BCUT2D eigenvalue weighted by molar-refractivity contribution is 5.71. The van der Waals surface area contributed by atoms with Crippen molar-refractivity contribution in [1.29, 1.82) is 0 Å². The van der Waals surface area contributed by atoms with Gasteiger partial charge >= 0.3 is 0 Å². The smallest absolute Gasteiger partial charge is 0.284 e. The topological polar surface area (TPSA) is 89.0 Å². The first kappa shape index (κ1) is 18.0. The Balaban J connectivity index is 2.23. The van der Waals surface area contributed by atoms with Crippen molar-refractivity contribution in [1.82, 2.24) is 4.90 Å². The number of rotatable bonds is 7. The molecule has 1 N–H and O–H groups in total. The van der Waals surface area contributed by atoms with Gasteiger partial charge in [0.15, 0.2) is 0 Å². The fourth-order valence-corrected chi connectivity index (χ4v) is 2.59. The van der Waals surface area contributed by atoms with E-state index in [1.807, 2.05) is 11.9 Å². The first-order chi connectivity index (χ1) is 11.2. The van der Waals surface area contributed by atoms with Gasteiger partial charge < -0.3 is 14.3 Å². The number of nitro benzene ring substituents is 1. The summed E-state index contributed by atoms with van der Waals surface area (Å²) in [6, 6.07) is 8.13. The second kappa shape index (κ2) is 7.02. The van der Waals surface area contributed by atoms with Crippen LogP contribution in [0.15, 0.2) is 34.7 Å². The molecule has 130 valence electrons. The zero-order valence-electron chi connectivity index (χ0n) is 14.3. The lowest BCUT2D eigenvalue weighted by atomic mass is 10.1. The molecular weight excluding hydrogens is 312 g/mol. The van der Waals surface area contributed by atoms with Crippen LogP contribution in [-0.2, 0) is 6.54 Å². The number of aliphatic hydroxyl groups is 1. The lowest BCUT2D eigenvalue weighted by molar-refractivity contribution is -0.384. The Labute approximate surface area is 140 Å². The average Bonchev–Trinajstić information content (AvgIpc) is 2.92. The third-order valence-electron chi connectivity index (χ3n) is 3.41. The van der Waals surface area contributed by atoms with Crippen LogP contribution in [0.25, 0.3) is 11.3 Å². The molecule has 24 heavy (non-hydrogen) atoms. The molecule has 0 saturated heterocycles. The summed E-state index contributed by atoms with van der Waals surface area (Å²) in [5.74, 6) is 1.51. The van der Waals surface area contributed by atoms with Gasteiger partial charge in [-0.3, -0.25) is 15.0 Å². The molecule has 0 bridgehead atoms. The van der Waals surface area contributed by atoms with Crippen LogP contribution in [0.4, 0.5) is 5.69 Å². The fraction of sp³-hybridized carbons (Fsp3) is 0.412. The molecular formula is C17H22N2O5. The van der Waals surface area contributed by atoms with Gasteiger partial charge in [0, 0.05) is 6.54 Å². The van der Waals surface area contributed by atoms with Gasteiger partial charge in [-0.25, -0.2) is 0 Å². The minimum Gasteiger partial charge on any atom is -0.497 e. The molecule has 1 heterocycles. The highest BCUT2D eigenvalue weighted by Gasteiger charge is 2.20. The molecule has 0 saturated carbocycles. The molecule has 0 aliphatic heterocycles. The molecule has 0 spiro atoms. The number of nitrogens with zero attached hydrogens (tertiary/aromatic N) is 2. The monoisotopic (exact) mass is 334 g/mol. The largest absolute Gasteiger partial charge is 0.497 e. The fourth-order valence-electron chi connectivity index (χ4n) is 2.59. The van der Waals surface area contributed by atoms with E-state index >= 15 is 0 Å². The first-order valence-corrected chi connectivity index (χ1v) is 7.52. The Morgan fingerprint density at radius 1 is 1.33 bits per heavy atom. The SMILES string of the molecule is COc1ccc(-c2ccc(CN(C)CC(C)(C)O)o2)c([N+](=O)[O-])c1.